The van der Waals surface area contributed by atoms with Crippen molar-refractivity contribution < 1.29 is 13.6 Å². The first-order valence-electron chi connectivity index (χ1n) is 9.17. The van der Waals surface area contributed by atoms with Gasteiger partial charge in [-0.25, -0.2) is 0 Å². The van der Waals surface area contributed by atoms with Crippen LogP contribution in [0.3, 0.4) is 0 Å². The Morgan fingerprint density at radius 2 is 1.55 bits per heavy atom. The fourth-order valence-corrected chi connectivity index (χ4v) is 3.89. The van der Waals surface area contributed by atoms with Crippen LogP contribution in [-0.4, -0.2) is 57.5 Å². The number of hydrogen-bond donors (Lipinski definition) is 0. The Morgan fingerprint density at radius 3 is 2.21 bits per heavy atom. The van der Waals surface area contributed by atoms with E-state index in [1.807, 2.05) is 41.2 Å². The van der Waals surface area contributed by atoms with Crippen LogP contribution >= 0.6 is 11.8 Å². The normalized spacial score (nSPS) is 14.4. The molecule has 0 radical (unpaired) electrons. The van der Waals surface area contributed by atoms with Gasteiger partial charge in [-0.15, -0.1) is 10.2 Å². The van der Waals surface area contributed by atoms with Gasteiger partial charge in [0.2, 0.25) is 0 Å². The molecule has 1 aliphatic heterocycles. The number of piperazine rings is 1. The van der Waals surface area contributed by atoms with E-state index >= 15 is 0 Å². The number of carbonyl (C=O) groups excluding carboxylic acids is 1. The fourth-order valence-electron chi connectivity index (χ4n) is 3.26. The molecular formula is C20H19F2N5OS. The summed E-state index contributed by atoms with van der Waals surface area (Å²) in [5.74, 6) is -1.29. The van der Waals surface area contributed by atoms with Crippen LogP contribution in [0.2, 0.25) is 0 Å². The van der Waals surface area contributed by atoms with E-state index in [1.165, 1.54) is 0 Å². The van der Waals surface area contributed by atoms with Crippen LogP contribution in [-0.2, 0) is 0 Å². The minimum absolute atomic E-state index is 0.220. The molecule has 0 unspecified atom stereocenters. The van der Waals surface area contributed by atoms with Gasteiger partial charge in [0.15, 0.2) is 11.6 Å². The van der Waals surface area contributed by atoms with Gasteiger partial charge in [0.25, 0.3) is 11.7 Å². The van der Waals surface area contributed by atoms with Gasteiger partial charge in [0, 0.05) is 43.5 Å². The van der Waals surface area contributed by atoms with E-state index < -0.39 is 5.76 Å². The van der Waals surface area contributed by atoms with Crippen LogP contribution in [0.15, 0.2) is 65.8 Å². The maximum Gasteiger partial charge on any atom is 0.288 e. The molecule has 29 heavy (non-hydrogen) atoms. The summed E-state index contributed by atoms with van der Waals surface area (Å²) >= 11 is 0.403. The van der Waals surface area contributed by atoms with Gasteiger partial charge in [-0.05, 0) is 36.4 Å². The molecule has 150 valence electrons. The average Bonchev–Trinajstić information content (AvgIpc) is 3.28. The number of nitrogens with zero attached hydrogens (tertiary/aromatic N) is 5. The van der Waals surface area contributed by atoms with E-state index in [1.54, 1.807) is 29.2 Å². The molecule has 0 spiro atoms. The maximum atomic E-state index is 12.8. The van der Waals surface area contributed by atoms with Gasteiger partial charge in [-0.1, -0.05) is 23.9 Å². The van der Waals surface area contributed by atoms with Crippen LogP contribution in [0.4, 0.5) is 14.6 Å². The Kier molecular flexibility index (Phi) is 5.75. The third kappa shape index (κ3) is 4.40. The molecule has 3 heterocycles. The highest BCUT2D eigenvalue weighted by atomic mass is 32.2. The van der Waals surface area contributed by atoms with Gasteiger partial charge in [-0.2, -0.15) is 8.78 Å². The first-order valence-corrected chi connectivity index (χ1v) is 10.0. The molecule has 6 nitrogen and oxygen atoms in total. The highest BCUT2D eigenvalue weighted by Crippen LogP contribution is 2.29. The van der Waals surface area contributed by atoms with Crippen molar-refractivity contribution in [3.05, 3.63) is 66.5 Å². The molecule has 1 aliphatic rings. The number of aromatic nitrogens is 3. The smallest absolute Gasteiger partial charge is 0.288 e. The lowest BCUT2D eigenvalue weighted by Gasteiger charge is -2.35. The number of hydrogen-bond acceptors (Lipinski definition) is 5. The minimum Gasteiger partial charge on any atom is -0.352 e. The molecule has 0 atom stereocenters. The monoisotopic (exact) mass is 415 g/mol. The van der Waals surface area contributed by atoms with E-state index in [0.717, 1.165) is 11.6 Å². The van der Waals surface area contributed by atoms with Crippen LogP contribution < -0.4 is 4.90 Å². The lowest BCUT2D eigenvalue weighted by Crippen LogP contribution is -2.49. The van der Waals surface area contributed by atoms with Crippen molar-refractivity contribution in [3.8, 4) is 5.82 Å². The second-order valence-corrected chi connectivity index (χ2v) is 7.53. The van der Waals surface area contributed by atoms with Crippen molar-refractivity contribution >= 4 is 23.5 Å². The number of halogens is 2. The molecule has 4 rings (SSSR count). The number of anilines is 1. The Morgan fingerprint density at radius 1 is 0.897 bits per heavy atom. The number of carbonyl (C=O) groups is 1. The van der Waals surface area contributed by atoms with Gasteiger partial charge in [0.1, 0.15) is 0 Å². The molecule has 0 bridgehead atoms. The summed E-state index contributed by atoms with van der Waals surface area (Å²) in [6.07, 6.45) is 3.80. The number of thioether (sulfide) groups is 1. The van der Waals surface area contributed by atoms with Crippen LogP contribution in [0, 0.1) is 0 Å². The molecule has 9 heteroatoms. The van der Waals surface area contributed by atoms with Crippen molar-refractivity contribution in [2.45, 2.75) is 10.7 Å². The Hall–Kier alpha value is -2.94. The highest BCUT2D eigenvalue weighted by molar-refractivity contribution is 7.99. The third-order valence-electron chi connectivity index (χ3n) is 4.73. The largest absolute Gasteiger partial charge is 0.352 e. The van der Waals surface area contributed by atoms with Gasteiger partial charge >= 0.3 is 0 Å². The van der Waals surface area contributed by atoms with Gasteiger partial charge in [0.05, 0.1) is 5.56 Å². The molecule has 0 aliphatic carbocycles. The summed E-state index contributed by atoms with van der Waals surface area (Å²) in [4.78, 5) is 16.9. The first-order chi connectivity index (χ1) is 14.1. The van der Waals surface area contributed by atoms with Crippen molar-refractivity contribution in [1.82, 2.24) is 19.7 Å². The number of amides is 1. The minimum atomic E-state index is -2.56. The summed E-state index contributed by atoms with van der Waals surface area (Å²) in [5, 5.41) is 8.55. The van der Waals surface area contributed by atoms with Crippen molar-refractivity contribution in [2.24, 2.45) is 0 Å². The van der Waals surface area contributed by atoms with E-state index in [2.05, 4.69) is 15.1 Å². The van der Waals surface area contributed by atoms with Crippen molar-refractivity contribution in [3.63, 3.8) is 0 Å². The van der Waals surface area contributed by atoms with Gasteiger partial charge in [-0.3, -0.25) is 4.79 Å². The Balaban J connectivity index is 1.40. The van der Waals surface area contributed by atoms with Crippen LogP contribution in [0.1, 0.15) is 10.4 Å². The average molecular weight is 415 g/mol. The first kappa shape index (κ1) is 19.4. The van der Waals surface area contributed by atoms with Crippen LogP contribution in [0.25, 0.3) is 5.82 Å². The van der Waals surface area contributed by atoms with E-state index in [0.29, 0.717) is 48.4 Å². The molecule has 3 aromatic rings. The van der Waals surface area contributed by atoms with Gasteiger partial charge < -0.3 is 14.4 Å². The summed E-state index contributed by atoms with van der Waals surface area (Å²) in [6, 6.07) is 14.2. The zero-order chi connectivity index (χ0) is 20.2. The molecule has 2 aromatic heterocycles. The van der Waals surface area contributed by atoms with Crippen LogP contribution in [0.5, 0.6) is 0 Å². The molecular weight excluding hydrogens is 396 g/mol. The quantitative estimate of drug-likeness (QED) is 0.597. The lowest BCUT2D eigenvalue weighted by molar-refractivity contribution is 0.0743. The van der Waals surface area contributed by atoms with E-state index in [4.69, 9.17) is 0 Å². The number of benzene rings is 1. The molecule has 1 aromatic carbocycles. The predicted molar refractivity (Wildman–Crippen MR) is 108 cm³/mol. The Bertz CT molecular complexity index is 957. The summed E-state index contributed by atoms with van der Waals surface area (Å²) < 4.78 is 27.4. The third-order valence-corrected chi connectivity index (χ3v) is 5.52. The summed E-state index contributed by atoms with van der Waals surface area (Å²) in [6.45, 7) is 2.20. The lowest BCUT2D eigenvalue weighted by atomic mass is 10.2. The molecule has 1 saturated heterocycles. The maximum absolute atomic E-state index is 12.8. The second-order valence-electron chi connectivity index (χ2n) is 6.49. The zero-order valence-corrected chi connectivity index (χ0v) is 16.3. The topological polar surface area (TPSA) is 54.3 Å². The molecule has 1 fully saturated rings. The zero-order valence-electron chi connectivity index (χ0n) is 15.5. The standard InChI is InChI=1S/C20H19F2N5OS/c21-20(22)29-16-6-2-1-5-15(16)19(28)27-13-11-26(12-14-27)18-8-7-17(23-24-18)25-9-3-4-10-25/h1-10,20H,11-14H2. The molecule has 0 saturated carbocycles. The van der Waals surface area contributed by atoms with E-state index in [9.17, 15) is 13.6 Å². The fraction of sp³-hybridized carbons (Fsp3) is 0.250. The Labute approximate surface area is 171 Å². The molecule has 0 N–H and O–H groups in total. The second kappa shape index (κ2) is 8.60. The summed E-state index contributed by atoms with van der Waals surface area (Å²) in [5.41, 5.74) is 0.321. The summed E-state index contributed by atoms with van der Waals surface area (Å²) in [7, 11) is 0. The van der Waals surface area contributed by atoms with Crippen molar-refractivity contribution in [1.29, 1.82) is 0 Å². The predicted octanol–water partition coefficient (Wildman–Crippen LogP) is 3.54. The SMILES string of the molecule is O=C(c1ccccc1SC(F)F)N1CCN(c2ccc(-n3cccc3)nn2)CC1. The molecule has 1 amide bonds. The number of alkyl halides is 2. The van der Waals surface area contributed by atoms with E-state index in [-0.39, 0.29) is 5.91 Å². The highest BCUT2D eigenvalue weighted by Gasteiger charge is 2.25. The number of rotatable bonds is 5. The van der Waals surface area contributed by atoms with Crippen molar-refractivity contribution in [2.75, 3.05) is 31.1 Å².